The second kappa shape index (κ2) is 8.47. The number of carbonyl (C=O) groups excluding carboxylic acids is 1. The molecule has 2 rings (SSSR count). The fourth-order valence-corrected chi connectivity index (χ4v) is 3.38. The fourth-order valence-electron chi connectivity index (χ4n) is 2.36. The van der Waals surface area contributed by atoms with E-state index in [0.29, 0.717) is 10.0 Å². The molecule has 9 heteroatoms. The predicted molar refractivity (Wildman–Crippen MR) is 97.2 cm³/mol. The minimum Gasteiger partial charge on any atom is -0.494 e. The molecule has 0 aromatic heterocycles. The molecule has 0 bridgehead atoms. The van der Waals surface area contributed by atoms with Gasteiger partial charge in [-0.2, -0.15) is 0 Å². The predicted octanol–water partition coefficient (Wildman–Crippen LogP) is 2.51. The first kappa shape index (κ1) is 20.8. The first-order chi connectivity index (χ1) is 12.7. The number of benzene rings is 2. The minimum atomic E-state index is -3.87. The van der Waals surface area contributed by atoms with E-state index in [4.69, 9.17) is 9.57 Å². The van der Waals surface area contributed by atoms with Gasteiger partial charge in [-0.25, -0.2) is 12.8 Å². The highest BCUT2D eigenvalue weighted by atomic mass is 32.2. The smallest absolute Gasteiger partial charge is 0.264 e. The Labute approximate surface area is 157 Å². The number of amides is 1. The molecule has 0 unspecified atom stereocenters. The molecule has 0 heterocycles. The summed E-state index contributed by atoms with van der Waals surface area (Å²) in [5.41, 5.74) is 0.700. The largest absolute Gasteiger partial charge is 0.494 e. The summed E-state index contributed by atoms with van der Waals surface area (Å²) in [7, 11) is -0.0267. The monoisotopic (exact) mass is 396 g/mol. The van der Waals surface area contributed by atoms with Crippen molar-refractivity contribution in [2.45, 2.75) is 17.9 Å². The van der Waals surface area contributed by atoms with Crippen molar-refractivity contribution in [3.63, 3.8) is 0 Å². The summed E-state index contributed by atoms with van der Waals surface area (Å²) in [6.07, 6.45) is 0. The second-order valence-corrected chi connectivity index (χ2v) is 7.65. The average molecular weight is 396 g/mol. The van der Waals surface area contributed by atoms with Gasteiger partial charge < -0.3 is 10.1 Å². The third kappa shape index (κ3) is 4.62. The van der Waals surface area contributed by atoms with Gasteiger partial charge in [0, 0.05) is 12.6 Å². The summed E-state index contributed by atoms with van der Waals surface area (Å²) in [5, 5.41) is 2.71. The molecule has 1 N–H and O–H groups in total. The van der Waals surface area contributed by atoms with Crippen LogP contribution in [0.25, 0.3) is 0 Å². The molecule has 0 fully saturated rings. The highest BCUT2D eigenvalue weighted by Crippen LogP contribution is 2.22. The quantitative estimate of drug-likeness (QED) is 0.727. The van der Waals surface area contributed by atoms with Gasteiger partial charge in [0.1, 0.15) is 0 Å². The van der Waals surface area contributed by atoms with E-state index in [-0.39, 0.29) is 16.2 Å². The van der Waals surface area contributed by atoms with Crippen LogP contribution in [0.5, 0.6) is 5.75 Å². The molecule has 0 saturated carbocycles. The molecule has 1 amide bonds. The molecule has 0 aliphatic carbocycles. The molecule has 0 aliphatic rings. The molecular weight excluding hydrogens is 375 g/mol. The van der Waals surface area contributed by atoms with Crippen LogP contribution < -0.4 is 10.1 Å². The van der Waals surface area contributed by atoms with Crippen LogP contribution in [0.1, 0.15) is 28.9 Å². The number of ether oxygens (including phenoxy) is 1. The lowest BCUT2D eigenvalue weighted by atomic mass is 10.1. The molecule has 27 heavy (non-hydrogen) atoms. The van der Waals surface area contributed by atoms with E-state index < -0.39 is 27.8 Å². The van der Waals surface area contributed by atoms with Gasteiger partial charge in [-0.05, 0) is 42.8 Å². The number of sulfonamides is 1. The number of hydrogen-bond acceptors (Lipinski definition) is 5. The Hall–Kier alpha value is -2.49. The Kier molecular flexibility index (Phi) is 6.53. The Morgan fingerprint density at radius 2 is 1.89 bits per heavy atom. The van der Waals surface area contributed by atoms with Crippen LogP contribution in [0.3, 0.4) is 0 Å². The van der Waals surface area contributed by atoms with E-state index in [1.54, 1.807) is 13.0 Å². The van der Waals surface area contributed by atoms with E-state index in [0.717, 1.165) is 0 Å². The number of hydrogen-bond donors (Lipinski definition) is 1. The van der Waals surface area contributed by atoms with Crippen molar-refractivity contribution in [2.75, 3.05) is 21.3 Å². The van der Waals surface area contributed by atoms with Gasteiger partial charge in [-0.1, -0.05) is 16.6 Å². The van der Waals surface area contributed by atoms with Crippen molar-refractivity contribution in [1.29, 1.82) is 0 Å². The number of nitrogens with zero attached hydrogens (tertiary/aromatic N) is 1. The van der Waals surface area contributed by atoms with Crippen molar-refractivity contribution < 1.29 is 27.2 Å². The molecule has 2 aromatic rings. The average Bonchev–Trinajstić information content (AvgIpc) is 2.67. The normalized spacial score (nSPS) is 12.7. The Bertz CT molecular complexity index is 933. The number of methoxy groups -OCH3 is 1. The molecular formula is C18H21FN2O5S. The SMILES string of the molecule is COc1ccc([C@H](C)NC(=O)c2cccc(S(=O)(=O)N(C)OC)c2)cc1F. The van der Waals surface area contributed by atoms with Crippen LogP contribution in [0.4, 0.5) is 4.39 Å². The minimum absolute atomic E-state index is 0.0809. The van der Waals surface area contributed by atoms with Gasteiger partial charge in [-0.3, -0.25) is 9.63 Å². The number of halogens is 1. The Balaban J connectivity index is 2.21. The number of nitrogens with one attached hydrogen (secondary N) is 1. The highest BCUT2D eigenvalue weighted by molar-refractivity contribution is 7.89. The molecule has 1 atom stereocenters. The number of rotatable bonds is 7. The van der Waals surface area contributed by atoms with Crippen molar-refractivity contribution in [3.05, 3.63) is 59.4 Å². The molecule has 0 spiro atoms. The van der Waals surface area contributed by atoms with Gasteiger partial charge in [0.05, 0.1) is 25.2 Å². The van der Waals surface area contributed by atoms with Crippen LogP contribution in [0, 0.1) is 5.82 Å². The molecule has 2 aromatic carbocycles. The lowest BCUT2D eigenvalue weighted by Crippen LogP contribution is -2.28. The maximum atomic E-state index is 13.8. The lowest BCUT2D eigenvalue weighted by Gasteiger charge is -2.17. The van der Waals surface area contributed by atoms with Crippen molar-refractivity contribution >= 4 is 15.9 Å². The molecule has 0 radical (unpaired) electrons. The van der Waals surface area contributed by atoms with Gasteiger partial charge in [0.2, 0.25) is 0 Å². The summed E-state index contributed by atoms with van der Waals surface area (Å²) in [5.74, 6) is -0.917. The van der Waals surface area contributed by atoms with Crippen molar-refractivity contribution in [1.82, 2.24) is 9.79 Å². The Morgan fingerprint density at radius 1 is 1.19 bits per heavy atom. The third-order valence-electron chi connectivity index (χ3n) is 4.01. The van der Waals surface area contributed by atoms with Crippen molar-refractivity contribution in [3.8, 4) is 5.75 Å². The zero-order valence-corrected chi connectivity index (χ0v) is 16.2. The second-order valence-electron chi connectivity index (χ2n) is 5.71. The molecule has 0 saturated heterocycles. The maximum absolute atomic E-state index is 13.8. The lowest BCUT2D eigenvalue weighted by molar-refractivity contribution is -0.0258. The fraction of sp³-hybridized carbons (Fsp3) is 0.278. The van der Waals surface area contributed by atoms with Gasteiger partial charge in [0.25, 0.3) is 15.9 Å². The standard InChI is InChI=1S/C18H21FN2O5S/c1-12(13-8-9-17(25-3)16(19)11-13)20-18(22)14-6-5-7-15(10-14)27(23,24)21(2)26-4/h5-12H,1-4H3,(H,20,22)/t12-/m0/s1. The van der Waals surface area contributed by atoms with E-state index in [1.807, 2.05) is 0 Å². The van der Waals surface area contributed by atoms with E-state index >= 15 is 0 Å². The maximum Gasteiger partial charge on any atom is 0.264 e. The van der Waals surface area contributed by atoms with Gasteiger partial charge >= 0.3 is 0 Å². The van der Waals surface area contributed by atoms with Crippen LogP contribution >= 0.6 is 0 Å². The molecule has 0 aliphatic heterocycles. The first-order valence-electron chi connectivity index (χ1n) is 7.98. The third-order valence-corrected chi connectivity index (χ3v) is 5.69. The van der Waals surface area contributed by atoms with Crippen LogP contribution in [0.2, 0.25) is 0 Å². The van der Waals surface area contributed by atoms with Gasteiger partial charge in [0.15, 0.2) is 11.6 Å². The molecule has 7 nitrogen and oxygen atoms in total. The first-order valence-corrected chi connectivity index (χ1v) is 9.42. The topological polar surface area (TPSA) is 84.9 Å². The van der Waals surface area contributed by atoms with E-state index in [2.05, 4.69) is 5.32 Å². The molecule has 146 valence electrons. The van der Waals surface area contributed by atoms with Crippen molar-refractivity contribution in [2.24, 2.45) is 0 Å². The summed E-state index contributed by atoms with van der Waals surface area (Å²) >= 11 is 0. The number of hydroxylamine groups is 1. The summed E-state index contributed by atoms with van der Waals surface area (Å²) in [6, 6.07) is 9.46. The summed E-state index contributed by atoms with van der Waals surface area (Å²) < 4.78 is 44.0. The number of carbonyl (C=O) groups is 1. The Morgan fingerprint density at radius 3 is 2.48 bits per heavy atom. The zero-order chi connectivity index (χ0) is 20.2. The van der Waals surface area contributed by atoms with Crippen LogP contribution in [-0.4, -0.2) is 40.1 Å². The van der Waals surface area contributed by atoms with Gasteiger partial charge in [-0.15, -0.1) is 0 Å². The van der Waals surface area contributed by atoms with Crippen LogP contribution in [0.15, 0.2) is 47.4 Å². The van der Waals surface area contributed by atoms with E-state index in [9.17, 15) is 17.6 Å². The van der Waals surface area contributed by atoms with E-state index in [1.165, 1.54) is 57.7 Å². The summed E-state index contributed by atoms with van der Waals surface area (Å²) in [4.78, 5) is 17.1. The zero-order valence-electron chi connectivity index (χ0n) is 15.4. The summed E-state index contributed by atoms with van der Waals surface area (Å²) in [6.45, 7) is 1.69. The highest BCUT2D eigenvalue weighted by Gasteiger charge is 2.22. The van der Waals surface area contributed by atoms with Crippen LogP contribution in [-0.2, 0) is 14.9 Å².